The monoisotopic (exact) mass is 299 g/mol. The zero-order chi connectivity index (χ0) is 14.1. The molecule has 0 saturated carbocycles. The Bertz CT molecular complexity index is 756. The van der Waals surface area contributed by atoms with E-state index in [1.165, 1.54) is 0 Å². The molecule has 0 N–H and O–H groups in total. The summed E-state index contributed by atoms with van der Waals surface area (Å²) in [5, 5.41) is 5.43. The standard InChI is InChI=1S/C14H8BCl2N3/c15-14-7-13(9-2-1-5-18-8-9)19-20(14)10-3-4-11(16)12(17)6-10/h1-8H. The quantitative estimate of drug-likeness (QED) is 0.681. The van der Waals surface area contributed by atoms with Crippen LogP contribution in [0.25, 0.3) is 16.9 Å². The first-order valence-electron chi connectivity index (χ1n) is 5.86. The average Bonchev–Trinajstić information content (AvgIpc) is 2.85. The average molecular weight is 300 g/mol. The molecular formula is C14H8BCl2N3. The molecular weight excluding hydrogens is 292 g/mol. The first-order chi connectivity index (χ1) is 9.65. The molecule has 0 atom stereocenters. The van der Waals surface area contributed by atoms with Gasteiger partial charge < -0.3 is 0 Å². The summed E-state index contributed by atoms with van der Waals surface area (Å²) in [6.07, 6.45) is 3.45. The fourth-order valence-corrected chi connectivity index (χ4v) is 2.17. The third kappa shape index (κ3) is 2.44. The highest BCUT2D eigenvalue weighted by Gasteiger charge is 2.09. The minimum absolute atomic E-state index is 0.460. The molecule has 0 bridgehead atoms. The van der Waals surface area contributed by atoms with Crippen LogP contribution in [0.15, 0.2) is 48.8 Å². The molecule has 0 aliphatic heterocycles. The Morgan fingerprint density at radius 1 is 1.05 bits per heavy atom. The van der Waals surface area contributed by atoms with E-state index in [1.54, 1.807) is 35.3 Å². The molecule has 0 aliphatic carbocycles. The summed E-state index contributed by atoms with van der Waals surface area (Å²) in [4.78, 5) is 4.07. The van der Waals surface area contributed by atoms with Crippen molar-refractivity contribution in [3.05, 3.63) is 58.8 Å². The van der Waals surface area contributed by atoms with Gasteiger partial charge in [0.1, 0.15) is 7.85 Å². The number of aromatic nitrogens is 3. The Labute approximate surface area is 127 Å². The summed E-state index contributed by atoms with van der Waals surface area (Å²) < 4.78 is 1.62. The Hall–Kier alpha value is -1.78. The molecule has 0 amide bonds. The van der Waals surface area contributed by atoms with Crippen LogP contribution in [0, 0.1) is 0 Å². The molecule has 6 heteroatoms. The van der Waals surface area contributed by atoms with Crippen LogP contribution in [0.3, 0.4) is 0 Å². The predicted octanol–water partition coefficient (Wildman–Crippen LogP) is 3.03. The third-order valence-electron chi connectivity index (χ3n) is 2.84. The van der Waals surface area contributed by atoms with Gasteiger partial charge in [0, 0.05) is 18.0 Å². The lowest BCUT2D eigenvalue weighted by Gasteiger charge is -2.05. The maximum atomic E-state index is 6.02. The van der Waals surface area contributed by atoms with Crippen molar-refractivity contribution in [3.63, 3.8) is 0 Å². The molecule has 2 radical (unpaired) electrons. The van der Waals surface area contributed by atoms with Gasteiger partial charge in [0.25, 0.3) is 0 Å². The van der Waals surface area contributed by atoms with E-state index in [9.17, 15) is 0 Å². The van der Waals surface area contributed by atoms with E-state index in [0.29, 0.717) is 15.6 Å². The van der Waals surface area contributed by atoms with E-state index in [2.05, 4.69) is 10.1 Å². The second-order valence-electron chi connectivity index (χ2n) is 4.21. The predicted molar refractivity (Wildman–Crippen MR) is 82.2 cm³/mol. The Balaban J connectivity index is 2.07. The fraction of sp³-hybridized carbons (Fsp3) is 0. The molecule has 3 rings (SSSR count). The van der Waals surface area contributed by atoms with Crippen molar-refractivity contribution in [2.75, 3.05) is 0 Å². The van der Waals surface area contributed by atoms with Crippen LogP contribution in [-0.4, -0.2) is 22.6 Å². The zero-order valence-electron chi connectivity index (χ0n) is 10.3. The smallest absolute Gasteiger partial charge is 0.141 e. The van der Waals surface area contributed by atoms with Gasteiger partial charge in [0.15, 0.2) is 0 Å². The minimum atomic E-state index is 0.460. The molecule has 2 heterocycles. The summed E-state index contributed by atoms with van der Waals surface area (Å²) in [6, 6.07) is 10.8. The van der Waals surface area contributed by atoms with E-state index < -0.39 is 0 Å². The topological polar surface area (TPSA) is 30.7 Å². The summed E-state index contributed by atoms with van der Waals surface area (Å²) in [7, 11) is 6.00. The maximum absolute atomic E-state index is 6.02. The Morgan fingerprint density at radius 3 is 2.60 bits per heavy atom. The molecule has 2 aromatic heterocycles. The van der Waals surface area contributed by atoms with Crippen molar-refractivity contribution in [2.45, 2.75) is 0 Å². The number of benzene rings is 1. The molecule has 3 nitrogen and oxygen atoms in total. The number of hydrogen-bond acceptors (Lipinski definition) is 2. The van der Waals surface area contributed by atoms with Crippen molar-refractivity contribution >= 4 is 36.6 Å². The molecule has 0 aliphatic rings. The molecule has 96 valence electrons. The molecule has 20 heavy (non-hydrogen) atoms. The Kier molecular flexibility index (Phi) is 3.51. The maximum Gasteiger partial charge on any atom is 0.141 e. The summed E-state index contributed by atoms with van der Waals surface area (Å²) in [6.45, 7) is 0. The van der Waals surface area contributed by atoms with Crippen LogP contribution in [0.2, 0.25) is 10.0 Å². The van der Waals surface area contributed by atoms with Gasteiger partial charge in [-0.25, -0.2) is 4.68 Å². The number of pyridine rings is 1. The van der Waals surface area contributed by atoms with E-state index in [-0.39, 0.29) is 0 Å². The lowest BCUT2D eigenvalue weighted by Crippen LogP contribution is -2.15. The van der Waals surface area contributed by atoms with Gasteiger partial charge in [-0.2, -0.15) is 5.10 Å². The molecule has 3 aromatic rings. The number of nitrogens with zero attached hydrogens (tertiary/aromatic N) is 3. The summed E-state index contributed by atoms with van der Waals surface area (Å²) in [5.74, 6) is 0. The van der Waals surface area contributed by atoms with E-state index in [4.69, 9.17) is 31.0 Å². The third-order valence-corrected chi connectivity index (χ3v) is 3.58. The van der Waals surface area contributed by atoms with Crippen LogP contribution < -0.4 is 5.59 Å². The molecule has 0 fully saturated rings. The van der Waals surface area contributed by atoms with Crippen LogP contribution in [-0.2, 0) is 0 Å². The van der Waals surface area contributed by atoms with Gasteiger partial charge in [-0.15, -0.1) is 0 Å². The van der Waals surface area contributed by atoms with Crippen molar-refractivity contribution in [1.82, 2.24) is 14.8 Å². The van der Waals surface area contributed by atoms with Gasteiger partial charge in [0.2, 0.25) is 0 Å². The normalized spacial score (nSPS) is 10.7. The van der Waals surface area contributed by atoms with Gasteiger partial charge in [0.05, 0.1) is 21.4 Å². The largest absolute Gasteiger partial charge is 0.264 e. The first kappa shape index (κ1) is 13.2. The highest BCUT2D eigenvalue weighted by molar-refractivity contribution is 6.42. The molecule has 0 saturated heterocycles. The molecule has 0 spiro atoms. The second-order valence-corrected chi connectivity index (χ2v) is 5.02. The zero-order valence-corrected chi connectivity index (χ0v) is 11.8. The van der Waals surface area contributed by atoms with Crippen molar-refractivity contribution < 1.29 is 0 Å². The van der Waals surface area contributed by atoms with E-state index >= 15 is 0 Å². The van der Waals surface area contributed by atoms with Crippen molar-refractivity contribution in [3.8, 4) is 16.9 Å². The first-order valence-corrected chi connectivity index (χ1v) is 6.62. The van der Waals surface area contributed by atoms with Gasteiger partial charge in [-0.3, -0.25) is 4.98 Å². The van der Waals surface area contributed by atoms with Crippen molar-refractivity contribution in [2.24, 2.45) is 0 Å². The molecule has 0 unspecified atom stereocenters. The highest BCUT2D eigenvalue weighted by Crippen LogP contribution is 2.24. The van der Waals surface area contributed by atoms with Crippen LogP contribution >= 0.6 is 23.2 Å². The van der Waals surface area contributed by atoms with Gasteiger partial charge in [-0.05, 0) is 42.0 Å². The number of rotatable bonds is 2. The second kappa shape index (κ2) is 5.31. The lowest BCUT2D eigenvalue weighted by molar-refractivity contribution is 0.907. The van der Waals surface area contributed by atoms with E-state index in [0.717, 1.165) is 16.9 Å². The fourth-order valence-electron chi connectivity index (χ4n) is 1.87. The van der Waals surface area contributed by atoms with Crippen molar-refractivity contribution in [1.29, 1.82) is 0 Å². The number of halogens is 2. The lowest BCUT2D eigenvalue weighted by atomic mass is 10.0. The number of hydrogen-bond donors (Lipinski definition) is 0. The SMILES string of the molecule is [B]c1cc(-c2cccnc2)nn1-c1ccc(Cl)c(Cl)c1. The molecule has 1 aromatic carbocycles. The van der Waals surface area contributed by atoms with Gasteiger partial charge >= 0.3 is 0 Å². The summed E-state index contributed by atoms with van der Waals surface area (Å²) in [5.41, 5.74) is 2.92. The summed E-state index contributed by atoms with van der Waals surface area (Å²) >= 11 is 11.9. The van der Waals surface area contributed by atoms with Gasteiger partial charge in [-0.1, -0.05) is 23.2 Å². The van der Waals surface area contributed by atoms with Crippen LogP contribution in [0.1, 0.15) is 0 Å². The van der Waals surface area contributed by atoms with Crippen LogP contribution in [0.5, 0.6) is 0 Å². The highest BCUT2D eigenvalue weighted by atomic mass is 35.5. The Morgan fingerprint density at radius 2 is 1.90 bits per heavy atom. The van der Waals surface area contributed by atoms with E-state index in [1.807, 2.05) is 18.2 Å². The minimum Gasteiger partial charge on any atom is -0.264 e. The van der Waals surface area contributed by atoms with Crippen LogP contribution in [0.4, 0.5) is 0 Å².